The molecule has 2 rings (SSSR count). The van der Waals surface area contributed by atoms with Gasteiger partial charge in [-0.05, 0) is 63.3 Å². The minimum Gasteiger partial charge on any atom is -0.347 e. The van der Waals surface area contributed by atoms with Crippen LogP contribution in [0.4, 0.5) is 0 Å². The van der Waals surface area contributed by atoms with E-state index < -0.39 is 0 Å². The van der Waals surface area contributed by atoms with Gasteiger partial charge in [0.1, 0.15) is 0 Å². The molecule has 5 heteroatoms. The third-order valence-electron chi connectivity index (χ3n) is 2.48. The Kier molecular flexibility index (Phi) is 4.01. The van der Waals surface area contributed by atoms with Crippen LogP contribution in [-0.4, -0.2) is 5.91 Å². The zero-order valence-corrected chi connectivity index (χ0v) is 12.8. The predicted octanol–water partition coefficient (Wildman–Crippen LogP) is 4.12. The van der Waals surface area contributed by atoms with Crippen molar-refractivity contribution < 1.29 is 4.79 Å². The lowest BCUT2D eigenvalue weighted by Crippen LogP contribution is -2.21. The number of hydrogen-bond donors (Lipinski definition) is 1. The molecule has 0 unspecified atom stereocenters. The average Bonchev–Trinajstić information content (AvgIpc) is 2.83. The predicted molar refractivity (Wildman–Crippen MR) is 77.0 cm³/mol. The summed E-state index contributed by atoms with van der Waals surface area (Å²) in [5.74, 6) is -0.00519. The number of carbonyl (C=O) groups excluding carboxylic acids is 1. The Morgan fingerprint density at radius 2 is 2.12 bits per heavy atom. The lowest BCUT2D eigenvalue weighted by Gasteiger charge is -2.02. The van der Waals surface area contributed by atoms with E-state index in [1.54, 1.807) is 11.3 Å². The quantitative estimate of drug-likeness (QED) is 0.901. The molecule has 0 aliphatic heterocycles. The van der Waals surface area contributed by atoms with Gasteiger partial charge >= 0.3 is 0 Å². The minimum absolute atomic E-state index is 0.00519. The van der Waals surface area contributed by atoms with Crippen molar-refractivity contribution in [2.75, 3.05) is 0 Å². The second kappa shape index (κ2) is 5.33. The first kappa shape index (κ1) is 12.8. The van der Waals surface area contributed by atoms with Gasteiger partial charge in [-0.2, -0.15) is 11.3 Å². The van der Waals surface area contributed by atoms with E-state index in [0.717, 1.165) is 14.2 Å². The summed E-state index contributed by atoms with van der Waals surface area (Å²) in [6.45, 7) is 4.65. The highest BCUT2D eigenvalue weighted by Crippen LogP contribution is 2.27. The van der Waals surface area contributed by atoms with Crippen molar-refractivity contribution in [3.63, 3.8) is 0 Å². The Balaban J connectivity index is 2.00. The van der Waals surface area contributed by atoms with Crippen molar-refractivity contribution in [1.82, 2.24) is 5.32 Å². The summed E-state index contributed by atoms with van der Waals surface area (Å²) in [4.78, 5) is 12.7. The van der Waals surface area contributed by atoms with Gasteiger partial charge in [-0.25, -0.2) is 0 Å². The summed E-state index contributed by atoms with van der Waals surface area (Å²) in [6.07, 6.45) is 0. The number of hydrogen-bond acceptors (Lipinski definition) is 3. The summed E-state index contributed by atoms with van der Waals surface area (Å²) >= 11 is 6.56. The number of carbonyl (C=O) groups is 1. The third-order valence-corrected chi connectivity index (χ3v) is 5.53. The van der Waals surface area contributed by atoms with E-state index in [0.29, 0.717) is 6.54 Å². The van der Waals surface area contributed by atoms with Gasteiger partial charge in [-0.15, -0.1) is 11.3 Å². The van der Waals surface area contributed by atoms with Crippen LogP contribution in [0, 0.1) is 13.8 Å². The van der Waals surface area contributed by atoms with Crippen LogP contribution in [0.15, 0.2) is 20.6 Å². The van der Waals surface area contributed by atoms with E-state index in [-0.39, 0.29) is 5.91 Å². The summed E-state index contributed by atoms with van der Waals surface area (Å²) in [6, 6.07) is 1.91. The molecule has 0 aliphatic carbocycles. The van der Waals surface area contributed by atoms with Crippen molar-refractivity contribution in [2.45, 2.75) is 20.4 Å². The molecular formula is C12H12BrNOS2. The topological polar surface area (TPSA) is 29.1 Å². The number of halogens is 1. The van der Waals surface area contributed by atoms with Gasteiger partial charge in [0.2, 0.25) is 0 Å². The smallest absolute Gasteiger partial charge is 0.261 e. The summed E-state index contributed by atoms with van der Waals surface area (Å²) < 4.78 is 1.02. The van der Waals surface area contributed by atoms with Crippen LogP contribution in [-0.2, 0) is 6.54 Å². The van der Waals surface area contributed by atoms with Crippen molar-refractivity contribution >= 4 is 44.5 Å². The molecule has 0 fully saturated rings. The van der Waals surface area contributed by atoms with E-state index in [4.69, 9.17) is 0 Å². The van der Waals surface area contributed by atoms with Crippen LogP contribution in [0.5, 0.6) is 0 Å². The molecule has 0 aromatic carbocycles. The monoisotopic (exact) mass is 329 g/mol. The highest BCUT2D eigenvalue weighted by atomic mass is 79.9. The highest BCUT2D eigenvalue weighted by molar-refractivity contribution is 9.11. The molecule has 2 heterocycles. The van der Waals surface area contributed by atoms with E-state index in [1.165, 1.54) is 22.5 Å². The third kappa shape index (κ3) is 2.97. The Hall–Kier alpha value is -0.650. The second-order valence-corrected chi connectivity index (χ2v) is 6.94. The van der Waals surface area contributed by atoms with Gasteiger partial charge in [0.15, 0.2) is 0 Å². The van der Waals surface area contributed by atoms with Gasteiger partial charge in [0, 0.05) is 6.54 Å². The molecule has 0 radical (unpaired) electrons. The lowest BCUT2D eigenvalue weighted by molar-refractivity contribution is 0.0955. The molecule has 0 saturated heterocycles. The van der Waals surface area contributed by atoms with Crippen molar-refractivity contribution in [3.05, 3.63) is 42.2 Å². The number of aryl methyl sites for hydroxylation is 2. The molecule has 2 aromatic heterocycles. The molecule has 0 saturated carbocycles. The van der Waals surface area contributed by atoms with Crippen LogP contribution >= 0.6 is 38.6 Å². The molecule has 0 bridgehead atoms. The first-order valence-corrected chi connectivity index (χ1v) is 7.69. The van der Waals surface area contributed by atoms with E-state index >= 15 is 0 Å². The molecule has 1 amide bonds. The van der Waals surface area contributed by atoms with Gasteiger partial charge in [0.05, 0.1) is 8.66 Å². The van der Waals surface area contributed by atoms with Crippen LogP contribution in [0.1, 0.15) is 26.4 Å². The van der Waals surface area contributed by atoms with Gasteiger partial charge in [0.25, 0.3) is 5.91 Å². The number of thiophene rings is 2. The average molecular weight is 330 g/mol. The Labute approximate surface area is 117 Å². The van der Waals surface area contributed by atoms with Gasteiger partial charge in [-0.1, -0.05) is 0 Å². The largest absolute Gasteiger partial charge is 0.347 e. The number of nitrogens with one attached hydrogen (secondary N) is 1. The Morgan fingerprint density at radius 3 is 2.65 bits per heavy atom. The molecule has 2 aromatic rings. The van der Waals surface area contributed by atoms with Gasteiger partial charge < -0.3 is 5.32 Å². The Bertz CT molecular complexity index is 525. The van der Waals surface area contributed by atoms with Crippen LogP contribution in [0.2, 0.25) is 0 Å². The molecule has 0 aliphatic rings. The molecular weight excluding hydrogens is 318 g/mol. The maximum Gasteiger partial charge on any atom is 0.261 e. The molecule has 0 atom stereocenters. The molecule has 2 nitrogen and oxygen atoms in total. The fourth-order valence-corrected chi connectivity index (χ4v) is 3.71. The van der Waals surface area contributed by atoms with Gasteiger partial charge in [-0.3, -0.25) is 4.79 Å². The van der Waals surface area contributed by atoms with E-state index in [9.17, 15) is 4.79 Å². The standard InChI is InChI=1S/C12H12BrNOS2/c1-7-3-10(17-11(7)13)12(15)14-4-9-6-16-5-8(9)2/h3,5-6H,4H2,1-2H3,(H,14,15). The van der Waals surface area contributed by atoms with Crippen molar-refractivity contribution in [3.8, 4) is 0 Å². The van der Waals surface area contributed by atoms with Crippen LogP contribution < -0.4 is 5.32 Å². The van der Waals surface area contributed by atoms with Crippen LogP contribution in [0.25, 0.3) is 0 Å². The maximum absolute atomic E-state index is 11.9. The molecule has 1 N–H and O–H groups in total. The minimum atomic E-state index is -0.00519. The maximum atomic E-state index is 11.9. The zero-order valence-electron chi connectivity index (χ0n) is 9.54. The lowest BCUT2D eigenvalue weighted by atomic mass is 10.2. The summed E-state index contributed by atoms with van der Waals surface area (Å²) in [5.41, 5.74) is 3.53. The number of rotatable bonds is 3. The molecule has 0 spiro atoms. The summed E-state index contributed by atoms with van der Waals surface area (Å²) in [7, 11) is 0. The van der Waals surface area contributed by atoms with E-state index in [2.05, 4.69) is 38.9 Å². The van der Waals surface area contributed by atoms with Crippen LogP contribution in [0.3, 0.4) is 0 Å². The SMILES string of the molecule is Cc1cscc1CNC(=O)c1cc(C)c(Br)s1. The second-order valence-electron chi connectivity index (χ2n) is 3.83. The number of amides is 1. The van der Waals surface area contributed by atoms with Crippen molar-refractivity contribution in [2.24, 2.45) is 0 Å². The Morgan fingerprint density at radius 1 is 1.35 bits per heavy atom. The molecule has 17 heavy (non-hydrogen) atoms. The van der Waals surface area contributed by atoms with E-state index in [1.807, 2.05) is 13.0 Å². The zero-order chi connectivity index (χ0) is 12.4. The van der Waals surface area contributed by atoms with Crippen molar-refractivity contribution in [1.29, 1.82) is 0 Å². The first-order valence-electron chi connectivity index (χ1n) is 5.13. The normalized spacial score (nSPS) is 10.5. The highest BCUT2D eigenvalue weighted by Gasteiger charge is 2.11. The molecule has 90 valence electrons. The first-order chi connectivity index (χ1) is 8.08. The fourth-order valence-electron chi connectivity index (χ4n) is 1.40. The summed E-state index contributed by atoms with van der Waals surface area (Å²) in [5, 5.41) is 7.11. The fraction of sp³-hybridized carbons (Fsp3) is 0.250.